The van der Waals surface area contributed by atoms with Crippen LogP contribution in [0.2, 0.25) is 0 Å². The maximum absolute atomic E-state index is 12.6. The first-order chi connectivity index (χ1) is 32.8. The molecule has 0 aromatic rings. The predicted molar refractivity (Wildman–Crippen MR) is 283 cm³/mol. The van der Waals surface area contributed by atoms with Gasteiger partial charge in [0.1, 0.15) is 6.61 Å². The van der Waals surface area contributed by atoms with E-state index in [1.807, 2.05) is 0 Å². The number of carbonyl (C=O) groups excluding carboxylic acids is 2. The summed E-state index contributed by atoms with van der Waals surface area (Å²) in [5.74, 6) is -0.936. The van der Waals surface area contributed by atoms with E-state index in [1.54, 1.807) is 0 Å². The molecule has 0 aliphatic rings. The van der Waals surface area contributed by atoms with Crippen molar-refractivity contribution in [3.8, 4) is 0 Å². The molecule has 0 rings (SSSR count). The Morgan fingerprint density at radius 3 is 1.15 bits per heavy atom. The van der Waals surface area contributed by atoms with Gasteiger partial charge >= 0.3 is 19.8 Å². The molecule has 67 heavy (non-hydrogen) atoms. The molecule has 0 radical (unpaired) electrons. The van der Waals surface area contributed by atoms with Crippen molar-refractivity contribution >= 4 is 19.8 Å². The van der Waals surface area contributed by atoms with E-state index in [0.29, 0.717) is 12.8 Å². The smallest absolute Gasteiger partial charge is 0.462 e. The maximum atomic E-state index is 12.6. The molecule has 0 aliphatic carbocycles. The van der Waals surface area contributed by atoms with Crippen molar-refractivity contribution in [3.05, 3.63) is 158 Å². The average Bonchev–Trinajstić information content (AvgIpc) is 3.32. The van der Waals surface area contributed by atoms with Crippen LogP contribution in [-0.2, 0) is 32.7 Å². The number of phosphoric acid groups is 1. The number of hydrogen-bond donors (Lipinski definition) is 2. The van der Waals surface area contributed by atoms with Crippen molar-refractivity contribution in [2.24, 2.45) is 5.73 Å². The summed E-state index contributed by atoms with van der Waals surface area (Å²) in [6, 6.07) is 0. The fourth-order valence-electron chi connectivity index (χ4n) is 5.79. The number of allylic oxidation sites excluding steroid dienone is 26. The Bertz CT molecular complexity index is 1640. The summed E-state index contributed by atoms with van der Waals surface area (Å²) in [7, 11) is -4.42. The highest BCUT2D eigenvalue weighted by Gasteiger charge is 2.26. The standard InChI is InChI=1S/C57H88NO8P/c1-3-5-7-9-11-13-15-17-19-21-23-24-25-26-27-28-29-30-32-34-36-38-40-42-44-46-48-50-57(60)66-55(54-65-67(61,62)64-52-51-58)53-63-56(59)49-47-45-43-41-39-37-35-33-31-22-20-18-16-14-12-10-8-6-4-2/h5-8,11-14,17-20,23-24,26-27,29-31,33-34,36-37,39-40,42,55H,3-4,9-10,15-16,21-22,25,28,32,35,38,41,43-54,58H2,1-2H3,(H,61,62)/b7-5-,8-6-,13-11-,14-12-,19-17-,20-18-,24-23-,27-26-,30-29-,33-31-,36-34-,39-37-,42-40-. The van der Waals surface area contributed by atoms with Gasteiger partial charge in [-0.1, -0.05) is 178 Å². The van der Waals surface area contributed by atoms with Gasteiger partial charge in [0.15, 0.2) is 6.10 Å². The lowest BCUT2D eigenvalue weighted by molar-refractivity contribution is -0.161. The second-order valence-electron chi connectivity index (χ2n) is 15.6. The van der Waals surface area contributed by atoms with E-state index in [4.69, 9.17) is 24.3 Å². The maximum Gasteiger partial charge on any atom is 0.472 e. The molecule has 0 fully saturated rings. The summed E-state index contributed by atoms with van der Waals surface area (Å²) in [6.45, 7) is 3.38. The Kier molecular flexibility index (Phi) is 47.7. The number of esters is 2. The summed E-state index contributed by atoms with van der Waals surface area (Å²) in [5.41, 5.74) is 5.36. The van der Waals surface area contributed by atoms with Gasteiger partial charge in [-0.2, -0.15) is 0 Å². The molecule has 0 aromatic heterocycles. The Balaban J connectivity index is 4.28. The van der Waals surface area contributed by atoms with E-state index in [1.165, 1.54) is 0 Å². The van der Waals surface area contributed by atoms with Crippen LogP contribution in [-0.4, -0.2) is 49.3 Å². The minimum absolute atomic E-state index is 0.0310. The number of rotatable bonds is 44. The summed E-state index contributed by atoms with van der Waals surface area (Å²) in [4.78, 5) is 35.0. The minimum Gasteiger partial charge on any atom is -0.462 e. The second kappa shape index (κ2) is 51.0. The Morgan fingerprint density at radius 2 is 0.776 bits per heavy atom. The Morgan fingerprint density at radius 1 is 0.448 bits per heavy atom. The number of phosphoric ester groups is 1. The molecule has 0 spiro atoms. The summed E-state index contributed by atoms with van der Waals surface area (Å²) in [5, 5.41) is 0. The van der Waals surface area contributed by atoms with Crippen LogP contribution in [0.3, 0.4) is 0 Å². The van der Waals surface area contributed by atoms with E-state index >= 15 is 0 Å². The molecular formula is C57H88NO8P. The molecule has 3 N–H and O–H groups in total. The third-order valence-electron chi connectivity index (χ3n) is 9.41. The Hall–Kier alpha value is -4.37. The monoisotopic (exact) mass is 946 g/mol. The molecule has 0 saturated carbocycles. The molecule has 0 heterocycles. The lowest BCUT2D eigenvalue weighted by Gasteiger charge is -2.19. The van der Waals surface area contributed by atoms with Crippen molar-refractivity contribution < 1.29 is 37.6 Å². The number of hydrogen-bond acceptors (Lipinski definition) is 8. The highest BCUT2D eigenvalue weighted by Crippen LogP contribution is 2.43. The van der Waals surface area contributed by atoms with Gasteiger partial charge in [-0.25, -0.2) is 4.57 Å². The van der Waals surface area contributed by atoms with Crippen LogP contribution < -0.4 is 5.73 Å². The molecule has 0 aliphatic heterocycles. The molecule has 2 unspecified atom stereocenters. The van der Waals surface area contributed by atoms with Crippen molar-refractivity contribution in [2.75, 3.05) is 26.4 Å². The van der Waals surface area contributed by atoms with E-state index in [-0.39, 0.29) is 32.6 Å². The van der Waals surface area contributed by atoms with Crippen molar-refractivity contribution in [1.82, 2.24) is 0 Å². The van der Waals surface area contributed by atoms with Crippen LogP contribution in [0.15, 0.2) is 158 Å². The number of carbonyl (C=O) groups is 2. The largest absolute Gasteiger partial charge is 0.472 e. The topological polar surface area (TPSA) is 134 Å². The van der Waals surface area contributed by atoms with Gasteiger partial charge in [-0.15, -0.1) is 0 Å². The number of nitrogens with two attached hydrogens (primary N) is 1. The first-order valence-corrected chi connectivity index (χ1v) is 26.5. The molecule has 10 heteroatoms. The van der Waals surface area contributed by atoms with E-state index in [9.17, 15) is 19.0 Å². The number of ether oxygens (including phenoxy) is 2. The molecule has 0 aromatic carbocycles. The van der Waals surface area contributed by atoms with Gasteiger partial charge in [-0.3, -0.25) is 18.6 Å². The summed E-state index contributed by atoms with van der Waals surface area (Å²) < 4.78 is 32.8. The first kappa shape index (κ1) is 62.6. The minimum atomic E-state index is -4.42. The predicted octanol–water partition coefficient (Wildman–Crippen LogP) is 15.4. The SMILES string of the molecule is CC/C=C\C/C=C\C/C=C\C/C=C\C/C=C\C/C=C\C/C=C\C/C=C\CCCCC(=O)OC(COC(=O)CCCCC/C=C\C/C=C\C/C=C\C/C=C\C/C=C\CC)COP(=O)(O)OCCN. The van der Waals surface area contributed by atoms with E-state index in [2.05, 4.69) is 172 Å². The van der Waals surface area contributed by atoms with E-state index in [0.717, 1.165) is 116 Å². The van der Waals surface area contributed by atoms with Crippen LogP contribution in [0.1, 0.15) is 155 Å². The fourth-order valence-corrected chi connectivity index (χ4v) is 6.56. The lowest BCUT2D eigenvalue weighted by Crippen LogP contribution is -2.29. The molecule has 374 valence electrons. The third-order valence-corrected chi connectivity index (χ3v) is 10.4. The van der Waals surface area contributed by atoms with Gasteiger partial charge in [0.2, 0.25) is 0 Å². The van der Waals surface area contributed by atoms with Crippen LogP contribution in [0, 0.1) is 0 Å². The van der Waals surface area contributed by atoms with Crippen molar-refractivity contribution in [2.45, 2.75) is 161 Å². The summed E-state index contributed by atoms with van der Waals surface area (Å²) >= 11 is 0. The Labute approximate surface area is 407 Å². The molecule has 9 nitrogen and oxygen atoms in total. The fraction of sp³-hybridized carbons (Fsp3) is 0.509. The van der Waals surface area contributed by atoms with Gasteiger partial charge < -0.3 is 20.1 Å². The molecule has 0 amide bonds. The number of unbranched alkanes of at least 4 members (excludes halogenated alkanes) is 5. The highest BCUT2D eigenvalue weighted by molar-refractivity contribution is 7.47. The zero-order chi connectivity index (χ0) is 48.8. The third kappa shape index (κ3) is 50.9. The summed E-state index contributed by atoms with van der Waals surface area (Å²) in [6.07, 6.45) is 74.3. The van der Waals surface area contributed by atoms with Crippen LogP contribution in [0.25, 0.3) is 0 Å². The van der Waals surface area contributed by atoms with Gasteiger partial charge in [0.05, 0.1) is 13.2 Å². The highest BCUT2D eigenvalue weighted by atomic mass is 31.2. The molecule has 0 saturated heterocycles. The van der Waals surface area contributed by atoms with Crippen molar-refractivity contribution in [3.63, 3.8) is 0 Å². The quantitative estimate of drug-likeness (QED) is 0.0265. The second-order valence-corrected chi connectivity index (χ2v) is 17.0. The van der Waals surface area contributed by atoms with Gasteiger partial charge in [0.25, 0.3) is 0 Å². The lowest BCUT2D eigenvalue weighted by atomic mass is 10.1. The van der Waals surface area contributed by atoms with Crippen molar-refractivity contribution in [1.29, 1.82) is 0 Å². The molecular weight excluding hydrogens is 858 g/mol. The van der Waals surface area contributed by atoms with Gasteiger partial charge in [-0.05, 0) is 122 Å². The van der Waals surface area contributed by atoms with Crippen LogP contribution in [0.5, 0.6) is 0 Å². The normalized spacial score (nSPS) is 14.5. The van der Waals surface area contributed by atoms with Crippen LogP contribution >= 0.6 is 7.82 Å². The van der Waals surface area contributed by atoms with Gasteiger partial charge in [0, 0.05) is 19.4 Å². The van der Waals surface area contributed by atoms with E-state index < -0.39 is 32.5 Å². The van der Waals surface area contributed by atoms with Crippen LogP contribution in [0.4, 0.5) is 0 Å². The zero-order valence-electron chi connectivity index (χ0n) is 41.3. The first-order valence-electron chi connectivity index (χ1n) is 25.0. The zero-order valence-corrected chi connectivity index (χ0v) is 42.2. The molecule has 0 bridgehead atoms. The molecule has 2 atom stereocenters. The average molecular weight is 946 g/mol.